The van der Waals surface area contributed by atoms with Crippen LogP contribution >= 0.6 is 23.5 Å². The van der Waals surface area contributed by atoms with Crippen LogP contribution in [-0.4, -0.2) is 97.9 Å². The van der Waals surface area contributed by atoms with Crippen LogP contribution < -0.4 is 22.8 Å². The summed E-state index contributed by atoms with van der Waals surface area (Å²) < 4.78 is 2.40. The van der Waals surface area contributed by atoms with Crippen molar-refractivity contribution in [2.45, 2.75) is 45.7 Å². The molecule has 0 aromatic carbocycles. The SMILES string of the molecule is Nc1ccn(C2SC(CO)C(O)C2O)c(=O)n1.Nc1ccn(C2SC(CO)C(O)C2O)c(=O)n1. The highest BCUT2D eigenvalue weighted by Gasteiger charge is 2.44. The zero-order valence-electron chi connectivity index (χ0n) is 17.6. The summed E-state index contributed by atoms with van der Waals surface area (Å²) in [5.74, 6) is 0.200. The highest BCUT2D eigenvalue weighted by atomic mass is 32.2. The zero-order chi connectivity index (χ0) is 25.2. The van der Waals surface area contributed by atoms with Crippen LogP contribution in [0.4, 0.5) is 11.6 Å². The third-order valence-corrected chi connectivity index (χ3v) is 8.41. The van der Waals surface area contributed by atoms with E-state index in [-0.39, 0.29) is 24.8 Å². The maximum atomic E-state index is 11.6. The Bertz CT molecular complexity index is 1020. The van der Waals surface area contributed by atoms with Crippen LogP contribution in [0.5, 0.6) is 0 Å². The van der Waals surface area contributed by atoms with Crippen molar-refractivity contribution in [3.8, 4) is 0 Å². The number of anilines is 2. The number of nitrogens with two attached hydrogens (primary N) is 2. The van der Waals surface area contributed by atoms with Crippen LogP contribution in [0.15, 0.2) is 34.1 Å². The number of hydrogen-bond acceptors (Lipinski definition) is 14. The number of hydrogen-bond donors (Lipinski definition) is 8. The van der Waals surface area contributed by atoms with Gasteiger partial charge in [0.25, 0.3) is 0 Å². The summed E-state index contributed by atoms with van der Waals surface area (Å²) >= 11 is 2.26. The molecule has 8 unspecified atom stereocenters. The summed E-state index contributed by atoms with van der Waals surface area (Å²) in [6.07, 6.45) is -1.56. The number of aromatic nitrogens is 4. The molecule has 0 bridgehead atoms. The fourth-order valence-corrected chi connectivity index (χ4v) is 6.22. The second-order valence-electron chi connectivity index (χ2n) is 7.54. The van der Waals surface area contributed by atoms with Crippen LogP contribution in [0.1, 0.15) is 10.7 Å². The molecule has 0 saturated carbocycles. The molecular formula is C18H26N6O8S2. The minimum absolute atomic E-state index is 0.1000. The smallest absolute Gasteiger partial charge is 0.350 e. The van der Waals surface area contributed by atoms with E-state index in [1.165, 1.54) is 33.7 Å². The molecule has 2 aromatic heterocycles. The Morgan fingerprint density at radius 3 is 1.35 bits per heavy atom. The van der Waals surface area contributed by atoms with Gasteiger partial charge >= 0.3 is 11.4 Å². The Hall–Kier alpha value is -2.18. The van der Waals surface area contributed by atoms with E-state index in [2.05, 4.69) is 9.97 Å². The lowest BCUT2D eigenvalue weighted by Crippen LogP contribution is -2.36. The standard InChI is InChI=1S/2C9H13N3O4S/c2*10-5-1-2-12(9(16)11-5)8-7(15)6(14)4(3-13)17-8/h2*1-2,4,6-8,13-15H,3H2,(H2,10,11,16). The molecule has 0 radical (unpaired) electrons. The van der Waals surface area contributed by atoms with Gasteiger partial charge in [-0.2, -0.15) is 9.97 Å². The molecule has 4 rings (SSSR count). The first-order valence-corrected chi connectivity index (χ1v) is 11.9. The lowest BCUT2D eigenvalue weighted by molar-refractivity contribution is 0.0101. The quantitative estimate of drug-likeness (QED) is 0.194. The molecule has 2 aromatic rings. The van der Waals surface area contributed by atoms with Gasteiger partial charge in [0.2, 0.25) is 0 Å². The maximum absolute atomic E-state index is 11.6. The van der Waals surface area contributed by atoms with Crippen molar-refractivity contribution in [3.05, 3.63) is 45.5 Å². The van der Waals surface area contributed by atoms with Crippen LogP contribution in [0.2, 0.25) is 0 Å². The van der Waals surface area contributed by atoms with Crippen molar-refractivity contribution in [3.63, 3.8) is 0 Å². The fourth-order valence-electron chi connectivity index (χ4n) is 3.46. The van der Waals surface area contributed by atoms with Gasteiger partial charge in [0.15, 0.2) is 0 Å². The summed E-state index contributed by atoms with van der Waals surface area (Å²) in [6.45, 7) is -0.535. The third-order valence-electron chi connectivity index (χ3n) is 5.29. The number of aliphatic hydroxyl groups excluding tert-OH is 6. The Morgan fingerprint density at radius 2 is 1.09 bits per heavy atom. The van der Waals surface area contributed by atoms with Crippen LogP contribution in [0.3, 0.4) is 0 Å². The van der Waals surface area contributed by atoms with Crippen molar-refractivity contribution >= 4 is 35.2 Å². The van der Waals surface area contributed by atoms with Gasteiger partial charge in [-0.15, -0.1) is 23.5 Å². The lowest BCUT2D eigenvalue weighted by Gasteiger charge is -2.17. The molecule has 188 valence electrons. The predicted molar refractivity (Wildman–Crippen MR) is 125 cm³/mol. The molecule has 2 saturated heterocycles. The van der Waals surface area contributed by atoms with Gasteiger partial charge in [-0.1, -0.05) is 0 Å². The van der Waals surface area contributed by atoms with Gasteiger partial charge in [0.05, 0.1) is 35.9 Å². The van der Waals surface area contributed by atoms with Crippen molar-refractivity contribution < 1.29 is 30.6 Å². The molecule has 0 aliphatic carbocycles. The minimum Gasteiger partial charge on any atom is -0.395 e. The van der Waals surface area contributed by atoms with Gasteiger partial charge in [-0.25, -0.2) is 9.59 Å². The molecule has 10 N–H and O–H groups in total. The summed E-state index contributed by atoms with van der Waals surface area (Å²) in [6, 6.07) is 2.88. The first-order valence-electron chi connectivity index (χ1n) is 10.0. The normalized spacial score (nSPS) is 32.9. The molecular weight excluding hydrogens is 492 g/mol. The molecule has 2 fully saturated rings. The van der Waals surface area contributed by atoms with Gasteiger partial charge in [0.1, 0.15) is 34.6 Å². The summed E-state index contributed by atoms with van der Waals surface area (Å²) in [5, 5.41) is 54.6. The molecule has 0 spiro atoms. The predicted octanol–water partition coefficient (Wildman–Crippen LogP) is -3.69. The topological polar surface area (TPSA) is 243 Å². The van der Waals surface area contributed by atoms with E-state index in [9.17, 15) is 30.0 Å². The Labute approximate surface area is 200 Å². The van der Waals surface area contributed by atoms with Gasteiger partial charge in [-0.3, -0.25) is 9.13 Å². The summed E-state index contributed by atoms with van der Waals surface area (Å²) in [7, 11) is 0. The van der Waals surface area contributed by atoms with E-state index < -0.39 is 57.0 Å². The second kappa shape index (κ2) is 11.0. The number of thioether (sulfide) groups is 2. The highest BCUT2D eigenvalue weighted by molar-refractivity contribution is 8.00. The second-order valence-corrected chi connectivity index (χ2v) is 10.3. The van der Waals surface area contributed by atoms with Crippen molar-refractivity contribution in [1.29, 1.82) is 0 Å². The van der Waals surface area contributed by atoms with E-state index in [0.717, 1.165) is 23.5 Å². The molecule has 2 aliphatic heterocycles. The zero-order valence-corrected chi connectivity index (χ0v) is 19.2. The molecule has 14 nitrogen and oxygen atoms in total. The monoisotopic (exact) mass is 518 g/mol. The number of nitrogens with zero attached hydrogens (tertiary/aromatic N) is 4. The molecule has 4 heterocycles. The fraction of sp³-hybridized carbons (Fsp3) is 0.556. The third kappa shape index (κ3) is 5.38. The molecule has 16 heteroatoms. The average Bonchev–Trinajstić information content (AvgIpc) is 3.24. The van der Waals surface area contributed by atoms with E-state index in [1.807, 2.05) is 0 Å². The number of aliphatic hydroxyl groups is 6. The first-order chi connectivity index (χ1) is 16.1. The first kappa shape index (κ1) is 26.4. The van der Waals surface area contributed by atoms with Crippen molar-refractivity contribution in [1.82, 2.24) is 19.1 Å². The van der Waals surface area contributed by atoms with Crippen molar-refractivity contribution in [2.75, 3.05) is 24.7 Å². The van der Waals surface area contributed by atoms with E-state index in [0.29, 0.717) is 0 Å². The lowest BCUT2D eigenvalue weighted by atomic mass is 10.1. The largest absolute Gasteiger partial charge is 0.395 e. The summed E-state index contributed by atoms with van der Waals surface area (Å²) in [5.41, 5.74) is 9.54. The van der Waals surface area contributed by atoms with Crippen LogP contribution in [0.25, 0.3) is 0 Å². The molecule has 34 heavy (non-hydrogen) atoms. The van der Waals surface area contributed by atoms with Crippen molar-refractivity contribution in [2.24, 2.45) is 0 Å². The number of rotatable bonds is 4. The Balaban J connectivity index is 0.000000191. The van der Waals surface area contributed by atoms with Gasteiger partial charge < -0.3 is 42.1 Å². The molecule has 2 aliphatic rings. The molecule has 0 amide bonds. The van der Waals surface area contributed by atoms with Gasteiger partial charge in [-0.05, 0) is 12.1 Å². The van der Waals surface area contributed by atoms with Gasteiger partial charge in [0, 0.05) is 12.4 Å². The van der Waals surface area contributed by atoms with E-state index in [1.54, 1.807) is 0 Å². The highest BCUT2D eigenvalue weighted by Crippen LogP contribution is 2.41. The Morgan fingerprint density at radius 1 is 0.735 bits per heavy atom. The van der Waals surface area contributed by atoms with Crippen LogP contribution in [0, 0.1) is 0 Å². The van der Waals surface area contributed by atoms with Crippen LogP contribution in [-0.2, 0) is 0 Å². The van der Waals surface area contributed by atoms with E-state index >= 15 is 0 Å². The molecule has 8 atom stereocenters. The summed E-state index contributed by atoms with van der Waals surface area (Å²) in [4.78, 5) is 30.2. The maximum Gasteiger partial charge on any atom is 0.350 e. The number of nitrogen functional groups attached to an aromatic ring is 2. The Kier molecular flexibility index (Phi) is 8.58. The minimum atomic E-state index is -1.12. The van der Waals surface area contributed by atoms with E-state index in [4.69, 9.17) is 21.7 Å². The average molecular weight is 519 g/mol.